The summed E-state index contributed by atoms with van der Waals surface area (Å²) in [5.74, 6) is 0. The molecule has 0 heterocycles. The fourth-order valence-electron chi connectivity index (χ4n) is 2.07. The van der Waals surface area contributed by atoms with Gasteiger partial charge < -0.3 is 0 Å². The van der Waals surface area contributed by atoms with Gasteiger partial charge in [-0.15, -0.1) is 0 Å². The topological polar surface area (TPSA) is 111 Å². The first-order valence-corrected chi connectivity index (χ1v) is 7.76. The minimum absolute atomic E-state index is 0.139. The number of non-ortho nitro benzene ring substituents is 1. The van der Waals surface area contributed by atoms with Gasteiger partial charge in [0.15, 0.2) is 0 Å². The van der Waals surface area contributed by atoms with Crippen molar-refractivity contribution in [3.05, 3.63) is 38.4 Å². The summed E-state index contributed by atoms with van der Waals surface area (Å²) < 4.78 is 0. The SMILES string of the molecule is CCCCCCCCC=NNc1ccc([N+](=O)[O-])cc1[N+](=O)[O-]. The van der Waals surface area contributed by atoms with Crippen molar-refractivity contribution in [3.63, 3.8) is 0 Å². The lowest BCUT2D eigenvalue weighted by Crippen LogP contribution is -1.98. The molecule has 1 aromatic rings. The highest BCUT2D eigenvalue weighted by atomic mass is 16.6. The molecule has 1 N–H and O–H groups in total. The van der Waals surface area contributed by atoms with Crippen LogP contribution in [0.5, 0.6) is 0 Å². The van der Waals surface area contributed by atoms with Crippen LogP contribution in [0.1, 0.15) is 51.9 Å². The fraction of sp³-hybridized carbons (Fsp3) is 0.533. The smallest absolute Gasteiger partial charge is 0.272 e. The molecule has 126 valence electrons. The van der Waals surface area contributed by atoms with Crippen LogP contribution in [0.2, 0.25) is 0 Å². The number of nitrogens with zero attached hydrogens (tertiary/aromatic N) is 3. The second-order valence-electron chi connectivity index (χ2n) is 5.20. The number of rotatable bonds is 11. The molecule has 1 aromatic carbocycles. The van der Waals surface area contributed by atoms with Crippen molar-refractivity contribution in [1.29, 1.82) is 0 Å². The van der Waals surface area contributed by atoms with E-state index in [0.717, 1.165) is 25.3 Å². The first-order valence-electron chi connectivity index (χ1n) is 7.76. The van der Waals surface area contributed by atoms with Crippen LogP contribution in [0.4, 0.5) is 17.1 Å². The van der Waals surface area contributed by atoms with Crippen molar-refractivity contribution in [2.75, 3.05) is 5.43 Å². The van der Waals surface area contributed by atoms with E-state index in [-0.39, 0.29) is 17.1 Å². The van der Waals surface area contributed by atoms with Gasteiger partial charge in [-0.3, -0.25) is 25.7 Å². The monoisotopic (exact) mass is 322 g/mol. The number of benzene rings is 1. The molecule has 23 heavy (non-hydrogen) atoms. The number of hydrazone groups is 1. The molecule has 0 unspecified atom stereocenters. The van der Waals surface area contributed by atoms with Gasteiger partial charge >= 0.3 is 5.69 Å². The normalized spacial score (nSPS) is 10.8. The molecule has 0 bridgehead atoms. The molecule has 0 radical (unpaired) electrons. The van der Waals surface area contributed by atoms with E-state index < -0.39 is 9.85 Å². The number of unbranched alkanes of at least 4 members (excludes halogenated alkanes) is 6. The van der Waals surface area contributed by atoms with Crippen LogP contribution in [-0.2, 0) is 0 Å². The molecule has 0 aliphatic heterocycles. The van der Waals surface area contributed by atoms with Crippen LogP contribution in [0.3, 0.4) is 0 Å². The van der Waals surface area contributed by atoms with Gasteiger partial charge in [-0.25, -0.2) is 0 Å². The van der Waals surface area contributed by atoms with E-state index in [1.54, 1.807) is 6.21 Å². The molecule has 0 saturated heterocycles. The molecule has 0 saturated carbocycles. The lowest BCUT2D eigenvalue weighted by molar-refractivity contribution is -0.393. The number of nitrogens with one attached hydrogen (secondary N) is 1. The number of nitro benzene ring substituents is 2. The van der Waals surface area contributed by atoms with Gasteiger partial charge in [0.2, 0.25) is 0 Å². The van der Waals surface area contributed by atoms with Crippen molar-refractivity contribution < 1.29 is 9.85 Å². The molecule has 8 heteroatoms. The summed E-state index contributed by atoms with van der Waals surface area (Å²) in [6, 6.07) is 3.42. The summed E-state index contributed by atoms with van der Waals surface area (Å²) in [5, 5.41) is 25.5. The summed E-state index contributed by atoms with van der Waals surface area (Å²) in [6.07, 6.45) is 9.58. The Morgan fingerprint density at radius 3 is 2.43 bits per heavy atom. The molecule has 0 atom stereocenters. The quantitative estimate of drug-likeness (QED) is 0.276. The zero-order chi connectivity index (χ0) is 17.1. The highest BCUT2D eigenvalue weighted by Gasteiger charge is 2.18. The maximum Gasteiger partial charge on any atom is 0.301 e. The zero-order valence-corrected chi connectivity index (χ0v) is 13.2. The maximum absolute atomic E-state index is 10.9. The molecule has 0 fully saturated rings. The van der Waals surface area contributed by atoms with Gasteiger partial charge in [0.25, 0.3) is 5.69 Å². The van der Waals surface area contributed by atoms with Gasteiger partial charge in [-0.1, -0.05) is 39.0 Å². The van der Waals surface area contributed by atoms with E-state index in [2.05, 4.69) is 17.5 Å². The summed E-state index contributed by atoms with van der Waals surface area (Å²) in [5.41, 5.74) is 2.03. The van der Waals surface area contributed by atoms with E-state index >= 15 is 0 Å². The van der Waals surface area contributed by atoms with Gasteiger partial charge in [0.05, 0.1) is 15.9 Å². The largest absolute Gasteiger partial charge is 0.301 e. The summed E-state index contributed by atoms with van der Waals surface area (Å²) in [7, 11) is 0. The lowest BCUT2D eigenvalue weighted by Gasteiger charge is -2.02. The van der Waals surface area contributed by atoms with Gasteiger partial charge in [-0.05, 0) is 18.9 Å². The molecular weight excluding hydrogens is 300 g/mol. The molecule has 0 aliphatic carbocycles. The molecule has 1 rings (SSSR count). The summed E-state index contributed by atoms with van der Waals surface area (Å²) >= 11 is 0. The van der Waals surface area contributed by atoms with Crippen molar-refractivity contribution >= 4 is 23.3 Å². The molecule has 8 nitrogen and oxygen atoms in total. The number of hydrogen-bond donors (Lipinski definition) is 1. The molecule has 0 aliphatic rings. The third-order valence-electron chi connectivity index (χ3n) is 3.35. The van der Waals surface area contributed by atoms with Crippen molar-refractivity contribution in [1.82, 2.24) is 0 Å². The van der Waals surface area contributed by atoms with E-state index in [9.17, 15) is 20.2 Å². The number of anilines is 1. The van der Waals surface area contributed by atoms with Crippen LogP contribution in [0, 0.1) is 20.2 Å². The van der Waals surface area contributed by atoms with Crippen LogP contribution in [0.25, 0.3) is 0 Å². The first kappa shape index (κ1) is 18.5. The highest BCUT2D eigenvalue weighted by Crippen LogP contribution is 2.28. The van der Waals surface area contributed by atoms with Crippen molar-refractivity contribution in [3.8, 4) is 0 Å². The minimum Gasteiger partial charge on any atom is -0.272 e. The second kappa shape index (κ2) is 10.3. The Hall–Kier alpha value is -2.51. The number of nitro groups is 2. The Morgan fingerprint density at radius 1 is 1.09 bits per heavy atom. The third kappa shape index (κ3) is 6.86. The fourth-order valence-corrected chi connectivity index (χ4v) is 2.07. The van der Waals surface area contributed by atoms with Crippen LogP contribution in [-0.4, -0.2) is 16.1 Å². The Labute approximate surface area is 134 Å². The number of hydrogen-bond acceptors (Lipinski definition) is 6. The van der Waals surface area contributed by atoms with E-state index in [1.165, 1.54) is 37.8 Å². The Bertz CT molecular complexity index is 560. The predicted molar refractivity (Wildman–Crippen MR) is 89.9 cm³/mol. The van der Waals surface area contributed by atoms with Crippen LogP contribution >= 0.6 is 0 Å². The van der Waals surface area contributed by atoms with Crippen LogP contribution < -0.4 is 5.43 Å². The van der Waals surface area contributed by atoms with E-state index in [4.69, 9.17) is 0 Å². The maximum atomic E-state index is 10.9. The van der Waals surface area contributed by atoms with Crippen molar-refractivity contribution in [2.45, 2.75) is 51.9 Å². The zero-order valence-electron chi connectivity index (χ0n) is 13.2. The average molecular weight is 322 g/mol. The van der Waals surface area contributed by atoms with Gasteiger partial charge in [0.1, 0.15) is 5.69 Å². The average Bonchev–Trinajstić information content (AvgIpc) is 2.53. The highest BCUT2D eigenvalue weighted by molar-refractivity contribution is 5.67. The Kier molecular flexibility index (Phi) is 8.27. The third-order valence-corrected chi connectivity index (χ3v) is 3.35. The van der Waals surface area contributed by atoms with Crippen LogP contribution in [0.15, 0.2) is 23.3 Å². The standard InChI is InChI=1S/C15H22N4O4/c1-2-3-4-5-6-7-8-11-16-17-14-10-9-13(18(20)21)12-15(14)19(22)23/h9-12,17H,2-8H2,1H3. The van der Waals surface area contributed by atoms with E-state index in [0.29, 0.717) is 0 Å². The predicted octanol–water partition coefficient (Wildman–Crippen LogP) is 4.65. The Balaban J connectivity index is 2.46. The van der Waals surface area contributed by atoms with Gasteiger partial charge in [-0.2, -0.15) is 5.10 Å². The summed E-state index contributed by atoms with van der Waals surface area (Å²) in [6.45, 7) is 2.18. The molecular formula is C15H22N4O4. The van der Waals surface area contributed by atoms with Gasteiger partial charge in [0, 0.05) is 12.3 Å². The molecule has 0 spiro atoms. The van der Waals surface area contributed by atoms with Crippen molar-refractivity contribution in [2.24, 2.45) is 5.10 Å². The lowest BCUT2D eigenvalue weighted by atomic mass is 10.1. The Morgan fingerprint density at radius 2 is 1.78 bits per heavy atom. The minimum atomic E-state index is -0.668. The summed E-state index contributed by atoms with van der Waals surface area (Å²) in [4.78, 5) is 20.3. The molecule has 0 amide bonds. The second-order valence-corrected chi connectivity index (χ2v) is 5.20. The molecule has 0 aromatic heterocycles. The van der Waals surface area contributed by atoms with E-state index in [1.807, 2.05) is 0 Å². The first-order chi connectivity index (χ1) is 11.1.